The molecule has 0 atom stereocenters. The van der Waals surface area contributed by atoms with Gasteiger partial charge in [-0.1, -0.05) is 6.92 Å². The van der Waals surface area contributed by atoms with Crippen LogP contribution in [0.2, 0.25) is 0 Å². The monoisotopic (exact) mass is 375 g/mol. The first-order chi connectivity index (χ1) is 13.0. The maximum Gasteiger partial charge on any atom is 0.281 e. The molecule has 9 heteroatoms. The molecular weight excluding hydrogens is 353 g/mol. The van der Waals surface area contributed by atoms with Crippen LogP contribution in [0.5, 0.6) is 5.75 Å². The van der Waals surface area contributed by atoms with Crippen LogP contribution in [0.1, 0.15) is 28.7 Å². The first kappa shape index (κ1) is 20.1. The Hall–Kier alpha value is -3.23. The van der Waals surface area contributed by atoms with Crippen molar-refractivity contribution in [1.29, 1.82) is 0 Å². The SMILES string of the molecule is CCc1cc(OC)cnc1C(=O)Nc1ccc(F)c(CCOC(N)=NC)n1. The Morgan fingerprint density at radius 3 is 2.85 bits per heavy atom. The van der Waals surface area contributed by atoms with E-state index in [1.165, 1.54) is 32.5 Å². The van der Waals surface area contributed by atoms with Gasteiger partial charge in [0.2, 0.25) is 0 Å². The minimum Gasteiger partial charge on any atom is -0.495 e. The maximum absolute atomic E-state index is 13.9. The number of methoxy groups -OCH3 is 1. The molecule has 0 radical (unpaired) electrons. The highest BCUT2D eigenvalue weighted by Gasteiger charge is 2.15. The van der Waals surface area contributed by atoms with Gasteiger partial charge in [-0.25, -0.2) is 19.4 Å². The van der Waals surface area contributed by atoms with E-state index in [0.717, 1.165) is 5.56 Å². The summed E-state index contributed by atoms with van der Waals surface area (Å²) in [5.74, 6) is -0.146. The van der Waals surface area contributed by atoms with Crippen molar-refractivity contribution in [2.45, 2.75) is 19.8 Å². The zero-order chi connectivity index (χ0) is 19.8. The first-order valence-corrected chi connectivity index (χ1v) is 8.33. The fraction of sp³-hybridized carbons (Fsp3) is 0.333. The molecule has 0 aliphatic heterocycles. The number of carbonyl (C=O) groups is 1. The van der Waals surface area contributed by atoms with Gasteiger partial charge in [0.1, 0.15) is 23.1 Å². The molecule has 0 aromatic carbocycles. The van der Waals surface area contributed by atoms with Gasteiger partial charge in [0.15, 0.2) is 0 Å². The van der Waals surface area contributed by atoms with Gasteiger partial charge in [0.05, 0.1) is 25.6 Å². The summed E-state index contributed by atoms with van der Waals surface area (Å²) in [5.41, 5.74) is 6.57. The van der Waals surface area contributed by atoms with E-state index in [1.807, 2.05) is 6.92 Å². The van der Waals surface area contributed by atoms with Crippen LogP contribution in [0.4, 0.5) is 10.2 Å². The summed E-state index contributed by atoms with van der Waals surface area (Å²) in [6.45, 7) is 2.03. The Labute approximate surface area is 156 Å². The van der Waals surface area contributed by atoms with Gasteiger partial charge in [-0.15, -0.1) is 0 Å². The number of hydrogen-bond donors (Lipinski definition) is 2. The molecule has 2 aromatic heterocycles. The number of amides is 1. The number of aromatic nitrogens is 2. The van der Waals surface area contributed by atoms with Crippen molar-refractivity contribution in [3.05, 3.63) is 47.2 Å². The van der Waals surface area contributed by atoms with Crippen LogP contribution in [0, 0.1) is 5.82 Å². The molecule has 144 valence electrons. The summed E-state index contributed by atoms with van der Waals surface area (Å²) in [5, 5.41) is 2.64. The van der Waals surface area contributed by atoms with Gasteiger partial charge in [0, 0.05) is 13.5 Å². The summed E-state index contributed by atoms with van der Waals surface area (Å²) in [6.07, 6.45) is 2.24. The van der Waals surface area contributed by atoms with Crippen LogP contribution in [0.25, 0.3) is 0 Å². The normalized spacial score (nSPS) is 11.2. The lowest BCUT2D eigenvalue weighted by atomic mass is 10.1. The standard InChI is InChI=1S/C18H22FN5O3/c1-4-11-9-12(26-3)10-22-16(11)17(25)24-15-6-5-13(19)14(23-15)7-8-27-18(20)21-2/h5-6,9-10H,4,7-8H2,1-3H3,(H2,20,21)(H,23,24,25). The second-order valence-electron chi connectivity index (χ2n) is 5.48. The Bertz CT molecular complexity index is 842. The average molecular weight is 375 g/mol. The van der Waals surface area contributed by atoms with Crippen LogP contribution in [-0.2, 0) is 17.6 Å². The topological polar surface area (TPSA) is 112 Å². The van der Waals surface area contributed by atoms with Gasteiger partial charge in [-0.05, 0) is 30.2 Å². The third-order valence-electron chi connectivity index (χ3n) is 3.74. The lowest BCUT2D eigenvalue weighted by Gasteiger charge is -2.11. The number of rotatable bonds is 7. The van der Waals surface area contributed by atoms with E-state index in [1.54, 1.807) is 6.07 Å². The number of amidine groups is 1. The molecule has 0 fully saturated rings. The number of ether oxygens (including phenoxy) is 2. The smallest absolute Gasteiger partial charge is 0.281 e. The Balaban J connectivity index is 2.13. The number of pyridine rings is 2. The number of hydrogen-bond acceptors (Lipinski definition) is 6. The average Bonchev–Trinajstić information content (AvgIpc) is 2.69. The second-order valence-corrected chi connectivity index (χ2v) is 5.48. The van der Waals surface area contributed by atoms with Gasteiger partial charge in [0.25, 0.3) is 11.9 Å². The van der Waals surface area contributed by atoms with Crippen molar-refractivity contribution in [1.82, 2.24) is 9.97 Å². The third-order valence-corrected chi connectivity index (χ3v) is 3.74. The van der Waals surface area contributed by atoms with Crippen molar-refractivity contribution in [2.75, 3.05) is 26.1 Å². The van der Waals surface area contributed by atoms with Crippen molar-refractivity contribution in [3.63, 3.8) is 0 Å². The molecule has 0 saturated carbocycles. The van der Waals surface area contributed by atoms with Crippen LogP contribution >= 0.6 is 0 Å². The summed E-state index contributed by atoms with van der Waals surface area (Å²) >= 11 is 0. The third kappa shape index (κ3) is 5.37. The first-order valence-electron chi connectivity index (χ1n) is 8.33. The minimum absolute atomic E-state index is 0.0116. The van der Waals surface area contributed by atoms with E-state index in [0.29, 0.717) is 12.2 Å². The fourth-order valence-electron chi connectivity index (χ4n) is 2.30. The number of aliphatic imine (C=N–C) groups is 1. The number of nitrogens with two attached hydrogens (primary N) is 1. The minimum atomic E-state index is -0.500. The van der Waals surface area contributed by atoms with E-state index in [4.69, 9.17) is 15.2 Å². The van der Waals surface area contributed by atoms with E-state index < -0.39 is 11.7 Å². The molecule has 2 heterocycles. The molecule has 3 N–H and O–H groups in total. The highest BCUT2D eigenvalue weighted by molar-refractivity contribution is 6.03. The van der Waals surface area contributed by atoms with E-state index >= 15 is 0 Å². The molecule has 8 nitrogen and oxygen atoms in total. The number of halogens is 1. The van der Waals surface area contributed by atoms with Gasteiger partial charge in [-0.3, -0.25) is 4.79 Å². The van der Waals surface area contributed by atoms with Gasteiger partial charge >= 0.3 is 0 Å². The van der Waals surface area contributed by atoms with E-state index in [9.17, 15) is 9.18 Å². The number of aryl methyl sites for hydroxylation is 1. The zero-order valence-electron chi connectivity index (χ0n) is 15.5. The zero-order valence-corrected chi connectivity index (χ0v) is 15.5. The largest absolute Gasteiger partial charge is 0.495 e. The summed E-state index contributed by atoms with van der Waals surface area (Å²) in [7, 11) is 3.02. The van der Waals surface area contributed by atoms with Crippen LogP contribution in [0.15, 0.2) is 29.4 Å². The van der Waals surface area contributed by atoms with Gasteiger partial charge < -0.3 is 20.5 Å². The Morgan fingerprint density at radius 2 is 2.19 bits per heavy atom. The summed E-state index contributed by atoms with van der Waals surface area (Å²) in [6, 6.07) is 4.38. The predicted molar refractivity (Wildman–Crippen MR) is 99.5 cm³/mol. The lowest BCUT2D eigenvalue weighted by molar-refractivity contribution is 0.102. The van der Waals surface area contributed by atoms with E-state index in [2.05, 4.69) is 20.3 Å². The van der Waals surface area contributed by atoms with Crippen LogP contribution in [-0.4, -0.2) is 42.7 Å². The molecule has 2 aromatic rings. The molecule has 0 bridgehead atoms. The summed E-state index contributed by atoms with van der Waals surface area (Å²) in [4.78, 5) is 24.5. The Kier molecular flexibility index (Phi) is 7.04. The van der Waals surface area contributed by atoms with Crippen molar-refractivity contribution in [2.24, 2.45) is 10.7 Å². The van der Waals surface area contributed by atoms with Gasteiger partial charge in [-0.2, -0.15) is 0 Å². The Morgan fingerprint density at radius 1 is 1.41 bits per heavy atom. The molecular formula is C18H22FN5O3. The lowest BCUT2D eigenvalue weighted by Crippen LogP contribution is -2.19. The van der Waals surface area contributed by atoms with E-state index in [-0.39, 0.29) is 36.3 Å². The predicted octanol–water partition coefficient (Wildman–Crippen LogP) is 1.94. The second kappa shape index (κ2) is 9.46. The summed E-state index contributed by atoms with van der Waals surface area (Å²) < 4.78 is 24.1. The number of nitrogens with zero attached hydrogens (tertiary/aromatic N) is 3. The van der Waals surface area contributed by atoms with Crippen molar-refractivity contribution in [3.8, 4) is 5.75 Å². The highest BCUT2D eigenvalue weighted by atomic mass is 19.1. The molecule has 27 heavy (non-hydrogen) atoms. The molecule has 2 rings (SSSR count). The van der Waals surface area contributed by atoms with Crippen molar-refractivity contribution >= 4 is 17.7 Å². The fourth-order valence-corrected chi connectivity index (χ4v) is 2.30. The molecule has 0 aliphatic rings. The van der Waals surface area contributed by atoms with Crippen molar-refractivity contribution < 1.29 is 18.7 Å². The number of anilines is 1. The molecule has 0 unspecified atom stereocenters. The van der Waals surface area contributed by atoms with Crippen LogP contribution < -0.4 is 15.8 Å². The molecule has 0 aliphatic carbocycles. The molecule has 0 spiro atoms. The molecule has 0 saturated heterocycles. The highest BCUT2D eigenvalue weighted by Crippen LogP contribution is 2.17. The maximum atomic E-state index is 13.9. The molecule has 1 amide bonds. The quantitative estimate of drug-likeness (QED) is 0.565. The van der Waals surface area contributed by atoms with Crippen LogP contribution in [0.3, 0.4) is 0 Å². The number of carbonyl (C=O) groups excluding carboxylic acids is 1. The number of nitrogens with one attached hydrogen (secondary N) is 1.